The third-order valence-corrected chi connectivity index (χ3v) is 8.09. The van der Waals surface area contributed by atoms with E-state index >= 15 is 0 Å². The Morgan fingerprint density at radius 2 is 1.36 bits per heavy atom. The molecule has 0 N–H and O–H groups in total. The van der Waals surface area contributed by atoms with Crippen molar-refractivity contribution in [2.75, 3.05) is 0 Å². The summed E-state index contributed by atoms with van der Waals surface area (Å²) < 4.78 is 8.48. The fourth-order valence-electron chi connectivity index (χ4n) is 5.03. The third-order valence-electron chi connectivity index (χ3n) is 8.09. The van der Waals surface area contributed by atoms with Crippen molar-refractivity contribution < 1.29 is 14.3 Å². The third kappa shape index (κ3) is 8.65. The Labute approximate surface area is 260 Å². The normalized spacial score (nSPS) is 11.5. The molecule has 0 aliphatic heterocycles. The first-order valence-electron chi connectivity index (χ1n) is 15.7. The SMILES string of the molecule is CCCCCCc1ccc(C(=O)n2c(CCCc3ccc(OC(C)(C)C(C)=O)cc3)nn(Cc3ccc(C)cc3)c2=O)cc1. The van der Waals surface area contributed by atoms with E-state index in [-0.39, 0.29) is 11.7 Å². The van der Waals surface area contributed by atoms with Crippen molar-refractivity contribution in [2.45, 2.75) is 98.1 Å². The molecule has 7 nitrogen and oxygen atoms in total. The standard InChI is InChI=1S/C37H45N3O4/c1-6-7-8-9-11-29-18-22-32(23-19-29)35(42)40-34(38-39(36(40)43)26-31-16-14-27(2)15-17-31)13-10-12-30-20-24-33(25-21-30)44-37(4,5)28(3)41/h14-25H,6-13,26H2,1-5H3. The summed E-state index contributed by atoms with van der Waals surface area (Å²) in [6, 6.07) is 23.3. The van der Waals surface area contributed by atoms with E-state index in [0.29, 0.717) is 36.5 Å². The summed E-state index contributed by atoms with van der Waals surface area (Å²) in [6.07, 6.45) is 7.63. The summed E-state index contributed by atoms with van der Waals surface area (Å²) in [5.41, 5.74) is 3.54. The Balaban J connectivity index is 1.50. The number of Topliss-reactive ketones (excluding diaryl/α,β-unsaturated/α-hetero) is 1. The molecule has 4 aromatic rings. The fourth-order valence-corrected chi connectivity index (χ4v) is 5.03. The van der Waals surface area contributed by atoms with E-state index < -0.39 is 11.3 Å². The minimum absolute atomic E-state index is 0.0395. The summed E-state index contributed by atoms with van der Waals surface area (Å²) >= 11 is 0. The molecule has 0 aliphatic carbocycles. The summed E-state index contributed by atoms with van der Waals surface area (Å²) in [4.78, 5) is 39.1. The first-order valence-corrected chi connectivity index (χ1v) is 15.7. The molecule has 1 aromatic heterocycles. The first kappa shape index (κ1) is 32.6. The van der Waals surface area contributed by atoms with E-state index in [1.54, 1.807) is 13.8 Å². The molecule has 0 bridgehead atoms. The lowest BCUT2D eigenvalue weighted by Crippen LogP contribution is -2.36. The quantitative estimate of drug-likeness (QED) is 0.137. The second-order valence-electron chi connectivity index (χ2n) is 12.2. The number of ether oxygens (including phenoxy) is 1. The Bertz CT molecular complexity index is 1590. The molecule has 232 valence electrons. The van der Waals surface area contributed by atoms with Crippen LogP contribution in [-0.2, 0) is 30.6 Å². The van der Waals surface area contributed by atoms with E-state index in [1.165, 1.54) is 41.0 Å². The molecule has 0 saturated heterocycles. The number of nitrogens with zero attached hydrogens (tertiary/aromatic N) is 3. The Hall–Kier alpha value is -4.26. The van der Waals surface area contributed by atoms with Crippen molar-refractivity contribution in [3.63, 3.8) is 0 Å². The number of benzene rings is 3. The lowest BCUT2D eigenvalue weighted by atomic mass is 10.0. The summed E-state index contributed by atoms with van der Waals surface area (Å²) in [5.74, 6) is 0.698. The van der Waals surface area contributed by atoms with Gasteiger partial charge in [-0.05, 0) is 94.3 Å². The molecule has 4 rings (SSSR count). The maximum absolute atomic E-state index is 13.7. The van der Waals surface area contributed by atoms with Gasteiger partial charge in [0.1, 0.15) is 11.6 Å². The van der Waals surface area contributed by atoms with Gasteiger partial charge < -0.3 is 4.74 Å². The maximum atomic E-state index is 13.7. The molecule has 7 heteroatoms. The van der Waals surface area contributed by atoms with Crippen LogP contribution in [-0.4, -0.2) is 31.6 Å². The number of aryl methyl sites for hydroxylation is 4. The zero-order chi connectivity index (χ0) is 31.7. The average molecular weight is 596 g/mol. The zero-order valence-corrected chi connectivity index (χ0v) is 26.8. The van der Waals surface area contributed by atoms with Gasteiger partial charge in [0, 0.05) is 12.0 Å². The zero-order valence-electron chi connectivity index (χ0n) is 26.8. The van der Waals surface area contributed by atoms with Crippen molar-refractivity contribution in [2.24, 2.45) is 0 Å². The lowest BCUT2D eigenvalue weighted by Gasteiger charge is -2.23. The highest BCUT2D eigenvalue weighted by Crippen LogP contribution is 2.21. The van der Waals surface area contributed by atoms with E-state index in [9.17, 15) is 14.4 Å². The summed E-state index contributed by atoms with van der Waals surface area (Å²) in [5, 5.41) is 4.65. The number of ketones is 1. The van der Waals surface area contributed by atoms with Crippen molar-refractivity contribution in [3.05, 3.63) is 117 Å². The number of carbonyl (C=O) groups excluding carboxylic acids is 2. The van der Waals surface area contributed by atoms with Crippen LogP contribution in [0.4, 0.5) is 0 Å². The first-order chi connectivity index (χ1) is 21.1. The van der Waals surface area contributed by atoms with Gasteiger partial charge >= 0.3 is 5.69 Å². The monoisotopic (exact) mass is 595 g/mol. The van der Waals surface area contributed by atoms with Gasteiger partial charge in [0.15, 0.2) is 11.4 Å². The fraction of sp³-hybridized carbons (Fsp3) is 0.405. The van der Waals surface area contributed by atoms with Crippen LogP contribution in [0.2, 0.25) is 0 Å². The summed E-state index contributed by atoms with van der Waals surface area (Å²) in [6.45, 7) is 9.54. The highest BCUT2D eigenvalue weighted by molar-refractivity contribution is 5.96. The van der Waals surface area contributed by atoms with Crippen LogP contribution < -0.4 is 10.4 Å². The largest absolute Gasteiger partial charge is 0.480 e. The van der Waals surface area contributed by atoms with Crippen molar-refractivity contribution in [3.8, 4) is 5.75 Å². The predicted molar refractivity (Wildman–Crippen MR) is 175 cm³/mol. The Morgan fingerprint density at radius 3 is 1.98 bits per heavy atom. The molecule has 0 unspecified atom stereocenters. The molecule has 44 heavy (non-hydrogen) atoms. The highest BCUT2D eigenvalue weighted by Gasteiger charge is 2.25. The van der Waals surface area contributed by atoms with E-state index in [4.69, 9.17) is 4.74 Å². The van der Waals surface area contributed by atoms with Crippen LogP contribution in [0.15, 0.2) is 77.6 Å². The van der Waals surface area contributed by atoms with Gasteiger partial charge in [-0.15, -0.1) is 0 Å². The molecular weight excluding hydrogens is 550 g/mol. The average Bonchev–Trinajstić information content (AvgIpc) is 3.31. The van der Waals surface area contributed by atoms with Crippen molar-refractivity contribution >= 4 is 11.7 Å². The molecule has 1 heterocycles. The second-order valence-corrected chi connectivity index (χ2v) is 12.2. The van der Waals surface area contributed by atoms with Crippen LogP contribution in [0.3, 0.4) is 0 Å². The predicted octanol–water partition coefficient (Wildman–Crippen LogP) is 7.13. The van der Waals surface area contributed by atoms with Crippen molar-refractivity contribution in [1.82, 2.24) is 14.3 Å². The van der Waals surface area contributed by atoms with Gasteiger partial charge in [-0.3, -0.25) is 9.59 Å². The molecule has 0 aliphatic rings. The second kappa shape index (κ2) is 15.0. The van der Waals surface area contributed by atoms with Gasteiger partial charge in [0.2, 0.25) is 0 Å². The molecule has 0 amide bonds. The number of unbranched alkanes of at least 4 members (excludes halogenated alkanes) is 3. The van der Waals surface area contributed by atoms with Gasteiger partial charge in [0.05, 0.1) is 6.54 Å². The molecule has 0 saturated carbocycles. The van der Waals surface area contributed by atoms with Gasteiger partial charge in [-0.25, -0.2) is 14.0 Å². The molecule has 0 fully saturated rings. The minimum Gasteiger partial charge on any atom is -0.480 e. The minimum atomic E-state index is -0.885. The van der Waals surface area contributed by atoms with Crippen LogP contribution in [0.5, 0.6) is 5.75 Å². The smallest absolute Gasteiger partial charge is 0.353 e. The number of carbonyl (C=O) groups is 2. The molecule has 0 atom stereocenters. The van der Waals surface area contributed by atoms with E-state index in [2.05, 4.69) is 12.0 Å². The van der Waals surface area contributed by atoms with Crippen LogP contribution in [0.1, 0.15) is 98.2 Å². The van der Waals surface area contributed by atoms with Gasteiger partial charge in [0.25, 0.3) is 5.91 Å². The Morgan fingerprint density at radius 1 is 0.773 bits per heavy atom. The van der Waals surface area contributed by atoms with Crippen LogP contribution >= 0.6 is 0 Å². The topological polar surface area (TPSA) is 83.2 Å². The maximum Gasteiger partial charge on any atom is 0.353 e. The highest BCUT2D eigenvalue weighted by atomic mass is 16.5. The van der Waals surface area contributed by atoms with Crippen molar-refractivity contribution in [1.29, 1.82) is 0 Å². The molecular formula is C37H45N3O4. The molecule has 0 radical (unpaired) electrons. The number of rotatable bonds is 15. The van der Waals surface area contributed by atoms with E-state index in [1.807, 2.05) is 79.7 Å². The van der Waals surface area contributed by atoms with Gasteiger partial charge in [-0.2, -0.15) is 5.10 Å². The molecule has 3 aromatic carbocycles. The number of hydrogen-bond acceptors (Lipinski definition) is 5. The van der Waals surface area contributed by atoms with Gasteiger partial charge in [-0.1, -0.05) is 80.3 Å². The van der Waals surface area contributed by atoms with Crippen LogP contribution in [0.25, 0.3) is 0 Å². The van der Waals surface area contributed by atoms with E-state index in [0.717, 1.165) is 36.0 Å². The number of hydrogen-bond donors (Lipinski definition) is 0. The Kier molecular flexibility index (Phi) is 11.1. The molecule has 0 spiro atoms. The summed E-state index contributed by atoms with van der Waals surface area (Å²) in [7, 11) is 0. The van der Waals surface area contributed by atoms with Crippen LogP contribution in [0, 0.1) is 6.92 Å². The number of aromatic nitrogens is 3. The lowest BCUT2D eigenvalue weighted by molar-refractivity contribution is -0.129.